The lowest BCUT2D eigenvalue weighted by molar-refractivity contribution is -0.579. The Hall–Kier alpha value is -2.17. The van der Waals surface area contributed by atoms with Gasteiger partial charge in [0, 0.05) is 6.42 Å². The average molecular weight is 283 g/mol. The molecule has 1 aliphatic heterocycles. The third kappa shape index (κ3) is 1.81. The Labute approximate surface area is 111 Å². The van der Waals surface area contributed by atoms with Crippen LogP contribution in [0.5, 0.6) is 0 Å². The number of imidazole rings is 1. The number of aliphatic hydroxyl groups is 2. The van der Waals surface area contributed by atoms with Crippen LogP contribution in [0.1, 0.15) is 12.6 Å². The van der Waals surface area contributed by atoms with Crippen molar-refractivity contribution in [3.05, 3.63) is 21.9 Å². The summed E-state index contributed by atoms with van der Waals surface area (Å²) in [6.45, 7) is -0.343. The molecule has 0 aromatic carbocycles. The van der Waals surface area contributed by atoms with Crippen LogP contribution in [0.15, 0.2) is 11.1 Å². The molecule has 0 bridgehead atoms. The standard InChI is InChI=1S/C10H13N5O5/c11-10-12-8-7(9(18)13-10)15(19)3-14(8)6-1-4(17)5(2-16)20-6/h3-6,16-17H,1-2H2,(H3,11,12,13,18)/t4-,5+,6+/m0/s1. The van der Waals surface area contributed by atoms with Crippen molar-refractivity contribution in [3.63, 3.8) is 0 Å². The first-order valence-electron chi connectivity index (χ1n) is 5.95. The number of nitrogens with two attached hydrogens (primary N) is 1. The van der Waals surface area contributed by atoms with E-state index in [-0.39, 0.29) is 30.1 Å². The van der Waals surface area contributed by atoms with Crippen molar-refractivity contribution < 1.29 is 19.7 Å². The number of anilines is 1. The van der Waals surface area contributed by atoms with E-state index in [2.05, 4.69) is 9.97 Å². The lowest BCUT2D eigenvalue weighted by atomic mass is 10.2. The number of nitrogen functional groups attached to an aromatic ring is 1. The van der Waals surface area contributed by atoms with Gasteiger partial charge in [0.1, 0.15) is 6.10 Å². The van der Waals surface area contributed by atoms with E-state index in [1.807, 2.05) is 0 Å². The first-order valence-corrected chi connectivity index (χ1v) is 5.95. The van der Waals surface area contributed by atoms with Gasteiger partial charge >= 0.3 is 5.56 Å². The van der Waals surface area contributed by atoms with Crippen molar-refractivity contribution >= 4 is 17.1 Å². The van der Waals surface area contributed by atoms with E-state index in [0.717, 1.165) is 6.33 Å². The Morgan fingerprint density at radius 3 is 3.10 bits per heavy atom. The molecule has 0 unspecified atom stereocenters. The lowest BCUT2D eigenvalue weighted by Crippen LogP contribution is -2.30. The molecule has 0 saturated carbocycles. The largest absolute Gasteiger partial charge is 0.710 e. The van der Waals surface area contributed by atoms with Crippen molar-refractivity contribution in [2.45, 2.75) is 24.9 Å². The van der Waals surface area contributed by atoms with E-state index in [9.17, 15) is 15.1 Å². The predicted molar refractivity (Wildman–Crippen MR) is 65.3 cm³/mol. The molecule has 1 saturated heterocycles. The number of nitrogens with one attached hydrogen (secondary N) is 1. The molecule has 2 aromatic heterocycles. The van der Waals surface area contributed by atoms with Crippen LogP contribution in [0.4, 0.5) is 5.95 Å². The number of nitrogens with zero attached hydrogens (tertiary/aromatic N) is 3. The maximum Gasteiger partial charge on any atom is 0.304 e. The van der Waals surface area contributed by atoms with Crippen LogP contribution in [0.3, 0.4) is 0 Å². The maximum atomic E-state index is 11.7. The van der Waals surface area contributed by atoms with Crippen LogP contribution in [-0.2, 0) is 4.74 Å². The fourth-order valence-corrected chi connectivity index (χ4v) is 2.34. The fourth-order valence-electron chi connectivity index (χ4n) is 2.34. The zero-order valence-corrected chi connectivity index (χ0v) is 10.3. The minimum absolute atomic E-state index is 0.0667. The number of aromatic amines is 1. The number of aromatic nitrogens is 4. The zero-order chi connectivity index (χ0) is 14.4. The molecule has 2 aromatic rings. The van der Waals surface area contributed by atoms with Crippen molar-refractivity contribution in [1.29, 1.82) is 0 Å². The van der Waals surface area contributed by atoms with E-state index in [1.54, 1.807) is 0 Å². The number of fused-ring (bicyclic) bond motifs is 1. The van der Waals surface area contributed by atoms with Gasteiger partial charge in [-0.05, 0) is 0 Å². The number of hydrogen-bond donors (Lipinski definition) is 4. The topological polar surface area (TPSA) is 153 Å². The molecule has 3 heterocycles. The van der Waals surface area contributed by atoms with Crippen LogP contribution in [0, 0.1) is 5.21 Å². The minimum Gasteiger partial charge on any atom is -0.710 e. The summed E-state index contributed by atoms with van der Waals surface area (Å²) < 4.78 is 7.12. The van der Waals surface area contributed by atoms with Crippen LogP contribution in [-0.4, -0.2) is 43.6 Å². The second-order valence-electron chi connectivity index (χ2n) is 4.59. The minimum atomic E-state index is -0.859. The highest BCUT2D eigenvalue weighted by Gasteiger charge is 2.39. The highest BCUT2D eigenvalue weighted by atomic mass is 16.5. The monoisotopic (exact) mass is 283 g/mol. The highest BCUT2D eigenvalue weighted by Crippen LogP contribution is 2.29. The number of aliphatic hydroxyl groups excluding tert-OH is 2. The van der Waals surface area contributed by atoms with Crippen molar-refractivity contribution in [3.8, 4) is 0 Å². The molecule has 5 N–H and O–H groups in total. The van der Waals surface area contributed by atoms with Crippen LogP contribution >= 0.6 is 0 Å². The van der Waals surface area contributed by atoms with E-state index < -0.39 is 24.0 Å². The molecule has 0 radical (unpaired) electrons. The van der Waals surface area contributed by atoms with Gasteiger partial charge in [-0.2, -0.15) is 9.55 Å². The first kappa shape index (κ1) is 12.8. The summed E-state index contributed by atoms with van der Waals surface area (Å²) in [5.41, 5.74) is 4.68. The number of ether oxygens (including phenoxy) is 1. The summed E-state index contributed by atoms with van der Waals surface area (Å²) in [4.78, 5) is 17.8. The summed E-state index contributed by atoms with van der Waals surface area (Å²) in [6.07, 6.45) is -1.03. The Morgan fingerprint density at radius 2 is 2.45 bits per heavy atom. The van der Waals surface area contributed by atoms with E-state index in [4.69, 9.17) is 15.6 Å². The average Bonchev–Trinajstić information content (AvgIpc) is 2.90. The molecule has 20 heavy (non-hydrogen) atoms. The molecule has 1 aliphatic rings. The summed E-state index contributed by atoms with van der Waals surface area (Å²) in [5, 5.41) is 30.5. The molecule has 0 amide bonds. The van der Waals surface area contributed by atoms with Gasteiger partial charge in [-0.1, -0.05) is 0 Å². The van der Waals surface area contributed by atoms with Gasteiger partial charge in [0.05, 0.1) is 12.7 Å². The summed E-state index contributed by atoms with van der Waals surface area (Å²) in [7, 11) is 0. The van der Waals surface area contributed by atoms with Gasteiger partial charge in [-0.3, -0.25) is 9.78 Å². The van der Waals surface area contributed by atoms with Gasteiger partial charge in [0.25, 0.3) is 17.5 Å². The quantitative estimate of drug-likeness (QED) is 0.353. The molecule has 10 heteroatoms. The van der Waals surface area contributed by atoms with Gasteiger partial charge in [-0.25, -0.2) is 4.73 Å². The van der Waals surface area contributed by atoms with Crippen molar-refractivity contribution in [2.75, 3.05) is 12.3 Å². The SMILES string of the molecule is Nc1nc2c(c(=O)[nH]1)[n+]([O-])cn2[C@H]1C[C@H](O)[C@@H](CO)O1. The zero-order valence-electron chi connectivity index (χ0n) is 10.3. The summed E-state index contributed by atoms with van der Waals surface area (Å²) in [6, 6.07) is 0. The summed E-state index contributed by atoms with van der Waals surface area (Å²) >= 11 is 0. The van der Waals surface area contributed by atoms with Crippen LogP contribution in [0.25, 0.3) is 11.2 Å². The van der Waals surface area contributed by atoms with Gasteiger partial charge in [0.15, 0.2) is 0 Å². The van der Waals surface area contributed by atoms with E-state index in [0.29, 0.717) is 4.73 Å². The lowest BCUT2D eigenvalue weighted by Gasteiger charge is -2.09. The first-order chi connectivity index (χ1) is 9.51. The molecule has 3 atom stereocenters. The molecule has 0 spiro atoms. The Balaban J connectivity index is 2.11. The van der Waals surface area contributed by atoms with Crippen molar-refractivity contribution in [1.82, 2.24) is 14.5 Å². The van der Waals surface area contributed by atoms with Crippen LogP contribution in [0.2, 0.25) is 0 Å². The molecule has 10 nitrogen and oxygen atoms in total. The second-order valence-corrected chi connectivity index (χ2v) is 4.59. The maximum absolute atomic E-state index is 11.7. The smallest absolute Gasteiger partial charge is 0.304 e. The molecular weight excluding hydrogens is 270 g/mol. The molecule has 0 aliphatic carbocycles. The van der Waals surface area contributed by atoms with E-state index in [1.165, 1.54) is 4.57 Å². The number of H-pyrrole nitrogens is 1. The molecular formula is C10H13N5O5. The third-order valence-electron chi connectivity index (χ3n) is 3.28. The van der Waals surface area contributed by atoms with Crippen LogP contribution < -0.4 is 16.0 Å². The van der Waals surface area contributed by atoms with E-state index >= 15 is 0 Å². The van der Waals surface area contributed by atoms with Gasteiger partial charge in [0.2, 0.25) is 12.2 Å². The number of hydrogen-bond acceptors (Lipinski definition) is 7. The second kappa shape index (κ2) is 4.44. The summed E-state index contributed by atoms with van der Waals surface area (Å²) in [5.74, 6) is -0.125. The van der Waals surface area contributed by atoms with Gasteiger partial charge < -0.3 is 25.9 Å². The third-order valence-corrected chi connectivity index (χ3v) is 3.28. The Kier molecular flexibility index (Phi) is 2.85. The molecule has 108 valence electrons. The highest BCUT2D eigenvalue weighted by molar-refractivity contribution is 5.67. The fraction of sp³-hybridized carbons (Fsp3) is 0.500. The van der Waals surface area contributed by atoms with Crippen molar-refractivity contribution in [2.24, 2.45) is 0 Å². The molecule has 3 rings (SSSR count). The number of rotatable bonds is 2. The molecule has 1 fully saturated rings. The predicted octanol–water partition coefficient (Wildman–Crippen LogP) is -2.42. The van der Waals surface area contributed by atoms with Gasteiger partial charge in [-0.15, -0.1) is 0 Å². The Bertz CT molecular complexity index is 710. The normalized spacial score (nSPS) is 26.4. The Morgan fingerprint density at radius 1 is 1.70 bits per heavy atom.